The van der Waals surface area contributed by atoms with Crippen molar-refractivity contribution in [2.75, 3.05) is 17.9 Å². The van der Waals surface area contributed by atoms with E-state index in [0.29, 0.717) is 0 Å². The molecule has 0 aliphatic rings. The molecule has 0 saturated heterocycles. The number of carbonyl (C=O) groups excluding carboxylic acids is 2. The highest BCUT2D eigenvalue weighted by Gasteiger charge is 2.32. The van der Waals surface area contributed by atoms with Crippen molar-refractivity contribution in [3.8, 4) is 0 Å². The molecule has 0 bridgehead atoms. The Balaban J connectivity index is 1.99. The summed E-state index contributed by atoms with van der Waals surface area (Å²) in [7, 11) is -2.75. The van der Waals surface area contributed by atoms with E-state index in [2.05, 4.69) is 21.2 Å². The van der Waals surface area contributed by atoms with Crippen molar-refractivity contribution >= 4 is 43.5 Å². The number of hydrogen-bond acceptors (Lipinski definition) is 4. The first-order chi connectivity index (χ1) is 16.6. The number of carbonyl (C=O) groups is 2. The van der Waals surface area contributed by atoms with Crippen LogP contribution in [0.5, 0.6) is 0 Å². The highest BCUT2D eigenvalue weighted by atomic mass is 79.9. The van der Waals surface area contributed by atoms with Crippen molar-refractivity contribution in [1.29, 1.82) is 0 Å². The second-order valence-electron chi connectivity index (χ2n) is 7.74. The third kappa shape index (κ3) is 6.46. The van der Waals surface area contributed by atoms with Crippen LogP contribution in [0.25, 0.3) is 0 Å². The van der Waals surface area contributed by atoms with Crippen LogP contribution in [0.2, 0.25) is 0 Å². The molecule has 1 unspecified atom stereocenters. The van der Waals surface area contributed by atoms with Gasteiger partial charge in [-0.15, -0.1) is 0 Å². The summed E-state index contributed by atoms with van der Waals surface area (Å²) >= 11 is 3.37. The lowest BCUT2D eigenvalue weighted by Crippen LogP contribution is -2.50. The van der Waals surface area contributed by atoms with Crippen molar-refractivity contribution < 1.29 is 22.4 Å². The van der Waals surface area contributed by atoms with Crippen LogP contribution in [0.15, 0.2) is 88.2 Å². The summed E-state index contributed by atoms with van der Waals surface area (Å²) in [5.74, 6) is -1.53. The molecule has 7 nitrogen and oxygen atoms in total. The molecule has 0 aliphatic carbocycles. The van der Waals surface area contributed by atoms with Gasteiger partial charge in [-0.1, -0.05) is 46.3 Å². The average molecular weight is 562 g/mol. The first-order valence-corrected chi connectivity index (χ1v) is 13.0. The number of sulfonamides is 1. The molecule has 3 rings (SSSR count). The quantitative estimate of drug-likeness (QED) is 0.428. The Hall–Kier alpha value is -3.24. The molecule has 0 fully saturated rings. The van der Waals surface area contributed by atoms with Gasteiger partial charge in [-0.2, -0.15) is 0 Å². The maximum atomic E-state index is 13.6. The van der Waals surface area contributed by atoms with Crippen LogP contribution in [0.4, 0.5) is 10.1 Å². The van der Waals surface area contributed by atoms with E-state index in [9.17, 15) is 22.4 Å². The van der Waals surface area contributed by atoms with Gasteiger partial charge in [0, 0.05) is 18.1 Å². The third-order valence-corrected chi connectivity index (χ3v) is 7.72. The molecule has 184 valence electrons. The fraction of sp³-hybridized carbons (Fsp3) is 0.200. The number of nitrogens with zero attached hydrogens (tertiary/aromatic N) is 2. The Morgan fingerprint density at radius 3 is 2.14 bits per heavy atom. The number of halogens is 2. The number of nitrogens with one attached hydrogen (secondary N) is 1. The van der Waals surface area contributed by atoms with Gasteiger partial charge in [-0.05, 0) is 61.0 Å². The second-order valence-corrected chi connectivity index (χ2v) is 10.5. The monoisotopic (exact) mass is 561 g/mol. The molecule has 0 aromatic heterocycles. The molecule has 0 saturated carbocycles. The zero-order valence-corrected chi connectivity index (χ0v) is 21.6. The van der Waals surface area contributed by atoms with Gasteiger partial charge in [0.1, 0.15) is 18.4 Å². The highest BCUT2D eigenvalue weighted by Crippen LogP contribution is 2.24. The van der Waals surface area contributed by atoms with Crippen LogP contribution in [-0.4, -0.2) is 44.8 Å². The number of likely N-dealkylation sites (N-methyl/N-ethyl adjacent to an activating group) is 1. The topological polar surface area (TPSA) is 86.8 Å². The van der Waals surface area contributed by atoms with Crippen LogP contribution in [0.1, 0.15) is 12.5 Å². The normalized spacial score (nSPS) is 12.0. The Bertz CT molecular complexity index is 1270. The Labute approximate surface area is 212 Å². The molecule has 3 aromatic rings. The minimum absolute atomic E-state index is 0.0971. The van der Waals surface area contributed by atoms with Gasteiger partial charge in [-0.25, -0.2) is 12.8 Å². The molecule has 3 aromatic carbocycles. The molecule has 1 atom stereocenters. The van der Waals surface area contributed by atoms with Gasteiger partial charge >= 0.3 is 0 Å². The van der Waals surface area contributed by atoms with E-state index in [0.717, 1.165) is 38.6 Å². The molecule has 2 amide bonds. The third-order valence-electron chi connectivity index (χ3n) is 5.40. The van der Waals surface area contributed by atoms with E-state index in [1.54, 1.807) is 37.3 Å². The summed E-state index contributed by atoms with van der Waals surface area (Å²) in [6, 6.07) is 19.0. The summed E-state index contributed by atoms with van der Waals surface area (Å²) < 4.78 is 42.3. The fourth-order valence-electron chi connectivity index (χ4n) is 3.43. The predicted octanol–water partition coefficient (Wildman–Crippen LogP) is 3.95. The SMILES string of the molecule is CNC(=O)C(C)N(Cc1ccc(Br)cc1)C(=O)CN(c1ccccc1)S(=O)(=O)c1ccc(F)cc1. The first-order valence-electron chi connectivity index (χ1n) is 10.7. The fourth-order valence-corrected chi connectivity index (χ4v) is 5.11. The molecule has 10 heteroatoms. The highest BCUT2D eigenvalue weighted by molar-refractivity contribution is 9.10. The maximum absolute atomic E-state index is 13.6. The van der Waals surface area contributed by atoms with Gasteiger partial charge in [0.25, 0.3) is 10.0 Å². The van der Waals surface area contributed by atoms with Crippen LogP contribution in [0, 0.1) is 5.82 Å². The molecule has 1 N–H and O–H groups in total. The lowest BCUT2D eigenvalue weighted by Gasteiger charge is -2.31. The van der Waals surface area contributed by atoms with Crippen LogP contribution < -0.4 is 9.62 Å². The van der Waals surface area contributed by atoms with Crippen molar-refractivity contribution in [1.82, 2.24) is 10.2 Å². The first kappa shape index (κ1) is 26.4. The minimum atomic E-state index is -4.22. The van der Waals surface area contributed by atoms with E-state index in [1.165, 1.54) is 11.9 Å². The smallest absolute Gasteiger partial charge is 0.264 e. The number of amides is 2. The largest absolute Gasteiger partial charge is 0.357 e. The van der Waals surface area contributed by atoms with Crippen molar-refractivity contribution in [2.45, 2.75) is 24.4 Å². The van der Waals surface area contributed by atoms with Crippen LogP contribution >= 0.6 is 15.9 Å². The molecule has 0 radical (unpaired) electrons. The van der Waals surface area contributed by atoms with Crippen molar-refractivity contribution in [2.24, 2.45) is 0 Å². The standard InChI is InChI=1S/C25H25BrFN3O4S/c1-18(25(32)28-2)29(16-19-8-10-20(26)11-9-19)24(31)17-30(22-6-4-3-5-7-22)35(33,34)23-14-12-21(27)13-15-23/h3-15,18H,16-17H2,1-2H3,(H,28,32). The molecular formula is C25H25BrFN3O4S. The van der Waals surface area contributed by atoms with Gasteiger partial charge in [-0.3, -0.25) is 13.9 Å². The average Bonchev–Trinajstić information content (AvgIpc) is 2.86. The van der Waals surface area contributed by atoms with Crippen molar-refractivity contribution in [3.05, 3.63) is 94.7 Å². The molecule has 0 heterocycles. The van der Waals surface area contributed by atoms with Crippen molar-refractivity contribution in [3.63, 3.8) is 0 Å². The second kappa shape index (κ2) is 11.5. The summed E-state index contributed by atoms with van der Waals surface area (Å²) in [5.41, 5.74) is 1.03. The molecule has 35 heavy (non-hydrogen) atoms. The zero-order valence-electron chi connectivity index (χ0n) is 19.2. The van der Waals surface area contributed by atoms with Gasteiger partial charge in [0.15, 0.2) is 0 Å². The van der Waals surface area contributed by atoms with E-state index < -0.39 is 34.3 Å². The number of para-hydroxylation sites is 1. The van der Waals surface area contributed by atoms with Gasteiger partial charge in [0.2, 0.25) is 11.8 Å². The van der Waals surface area contributed by atoms with E-state index >= 15 is 0 Å². The zero-order chi connectivity index (χ0) is 25.6. The Morgan fingerprint density at radius 1 is 0.971 bits per heavy atom. The van der Waals surface area contributed by atoms with E-state index in [4.69, 9.17) is 0 Å². The lowest BCUT2D eigenvalue weighted by atomic mass is 10.1. The summed E-state index contributed by atoms with van der Waals surface area (Å²) in [5, 5.41) is 2.53. The lowest BCUT2D eigenvalue weighted by molar-refractivity contribution is -0.139. The number of rotatable bonds is 9. The van der Waals surface area contributed by atoms with Gasteiger partial charge < -0.3 is 10.2 Å². The Morgan fingerprint density at radius 2 is 1.57 bits per heavy atom. The van der Waals surface area contributed by atoms with Crippen LogP contribution in [0.3, 0.4) is 0 Å². The van der Waals surface area contributed by atoms with Crippen LogP contribution in [-0.2, 0) is 26.2 Å². The maximum Gasteiger partial charge on any atom is 0.264 e. The van der Waals surface area contributed by atoms with Gasteiger partial charge in [0.05, 0.1) is 10.6 Å². The number of benzene rings is 3. The molecular weight excluding hydrogens is 537 g/mol. The van der Waals surface area contributed by atoms with E-state index in [1.807, 2.05) is 24.3 Å². The Kier molecular flexibility index (Phi) is 8.63. The summed E-state index contributed by atoms with van der Waals surface area (Å²) in [6.07, 6.45) is 0. The van der Waals surface area contributed by atoms with E-state index in [-0.39, 0.29) is 23.0 Å². The molecule has 0 aliphatic heterocycles. The number of hydrogen-bond donors (Lipinski definition) is 1. The molecule has 0 spiro atoms. The summed E-state index contributed by atoms with van der Waals surface area (Å²) in [6.45, 7) is 1.12. The predicted molar refractivity (Wildman–Crippen MR) is 136 cm³/mol. The number of anilines is 1. The minimum Gasteiger partial charge on any atom is -0.357 e. The summed E-state index contributed by atoms with van der Waals surface area (Å²) in [4.78, 5) is 27.2.